The van der Waals surface area contributed by atoms with Crippen LogP contribution in [-0.4, -0.2) is 38.0 Å². The van der Waals surface area contributed by atoms with E-state index in [-0.39, 0.29) is 5.60 Å². The monoisotopic (exact) mass is 297 g/mol. The summed E-state index contributed by atoms with van der Waals surface area (Å²) in [7, 11) is 0. The minimum Gasteiger partial charge on any atom is -0.381 e. The van der Waals surface area contributed by atoms with Gasteiger partial charge in [-0.1, -0.05) is 13.8 Å². The van der Waals surface area contributed by atoms with Crippen LogP contribution in [0.1, 0.15) is 65.7 Å². The van der Waals surface area contributed by atoms with E-state index in [1.165, 1.54) is 44.9 Å². The summed E-state index contributed by atoms with van der Waals surface area (Å²) in [4.78, 5) is 0. The van der Waals surface area contributed by atoms with Crippen LogP contribution in [0.4, 0.5) is 0 Å². The Kier molecular flexibility index (Phi) is 6.97. The molecule has 1 heterocycles. The molecule has 0 aromatic carbocycles. The first-order valence-electron chi connectivity index (χ1n) is 9.17. The van der Waals surface area contributed by atoms with Crippen LogP contribution in [0.3, 0.4) is 0 Å². The van der Waals surface area contributed by atoms with Crippen molar-refractivity contribution >= 4 is 0 Å². The molecule has 3 heteroatoms. The van der Waals surface area contributed by atoms with Gasteiger partial charge in [0, 0.05) is 25.9 Å². The molecule has 0 aromatic heterocycles. The van der Waals surface area contributed by atoms with E-state index in [9.17, 15) is 0 Å². The van der Waals surface area contributed by atoms with Crippen molar-refractivity contribution in [3.8, 4) is 0 Å². The first-order chi connectivity index (χ1) is 10.2. The first kappa shape index (κ1) is 17.2. The number of rotatable bonds is 7. The van der Waals surface area contributed by atoms with Gasteiger partial charge < -0.3 is 14.8 Å². The van der Waals surface area contributed by atoms with Gasteiger partial charge >= 0.3 is 0 Å². The van der Waals surface area contributed by atoms with Crippen LogP contribution < -0.4 is 5.32 Å². The Morgan fingerprint density at radius 1 is 1.14 bits per heavy atom. The molecule has 2 rings (SSSR count). The molecule has 124 valence electrons. The van der Waals surface area contributed by atoms with Crippen molar-refractivity contribution in [1.29, 1.82) is 0 Å². The highest BCUT2D eigenvalue weighted by Gasteiger charge is 2.45. The van der Waals surface area contributed by atoms with E-state index in [1.54, 1.807) is 0 Å². The molecule has 0 amide bonds. The molecule has 0 spiro atoms. The predicted octanol–water partition coefficient (Wildman–Crippen LogP) is 3.77. The van der Waals surface area contributed by atoms with E-state index in [0.717, 1.165) is 32.3 Å². The summed E-state index contributed by atoms with van der Waals surface area (Å²) in [5.41, 5.74) is 0.0679. The smallest absolute Gasteiger partial charge is 0.0837 e. The Balaban J connectivity index is 2.12. The number of ether oxygens (including phenoxy) is 2. The van der Waals surface area contributed by atoms with Gasteiger partial charge in [-0.2, -0.15) is 0 Å². The van der Waals surface area contributed by atoms with Crippen LogP contribution in [0, 0.1) is 11.8 Å². The molecule has 3 nitrogen and oxygen atoms in total. The van der Waals surface area contributed by atoms with Gasteiger partial charge in [-0.15, -0.1) is 0 Å². The van der Waals surface area contributed by atoms with Crippen LogP contribution in [0.15, 0.2) is 0 Å². The molecule has 1 aliphatic carbocycles. The lowest BCUT2D eigenvalue weighted by atomic mass is 9.70. The largest absolute Gasteiger partial charge is 0.381 e. The maximum Gasteiger partial charge on any atom is 0.0837 e. The van der Waals surface area contributed by atoms with Gasteiger partial charge in [0.25, 0.3) is 0 Å². The Morgan fingerprint density at radius 2 is 1.81 bits per heavy atom. The molecule has 1 unspecified atom stereocenters. The summed E-state index contributed by atoms with van der Waals surface area (Å²) in [5, 5.41) is 3.87. The van der Waals surface area contributed by atoms with E-state index in [4.69, 9.17) is 9.47 Å². The second-order valence-electron chi connectivity index (χ2n) is 7.06. The molecule has 1 N–H and O–H groups in total. The van der Waals surface area contributed by atoms with Gasteiger partial charge in [-0.3, -0.25) is 0 Å². The molecule has 1 saturated heterocycles. The fourth-order valence-corrected chi connectivity index (χ4v) is 4.21. The molecule has 2 fully saturated rings. The summed E-state index contributed by atoms with van der Waals surface area (Å²) in [6, 6.07) is 0.508. The van der Waals surface area contributed by atoms with Gasteiger partial charge in [0.1, 0.15) is 0 Å². The van der Waals surface area contributed by atoms with Gasteiger partial charge in [0.05, 0.1) is 5.60 Å². The van der Waals surface area contributed by atoms with Crippen molar-refractivity contribution < 1.29 is 9.47 Å². The van der Waals surface area contributed by atoms with Crippen LogP contribution in [0.25, 0.3) is 0 Å². The average molecular weight is 297 g/mol. The topological polar surface area (TPSA) is 30.5 Å². The Labute approximate surface area is 131 Å². The summed E-state index contributed by atoms with van der Waals surface area (Å²) in [6.45, 7) is 10.6. The van der Waals surface area contributed by atoms with E-state index < -0.39 is 0 Å². The van der Waals surface area contributed by atoms with Crippen LogP contribution >= 0.6 is 0 Å². The van der Waals surface area contributed by atoms with Crippen molar-refractivity contribution in [2.75, 3.05) is 26.4 Å². The highest BCUT2D eigenvalue weighted by molar-refractivity contribution is 5.00. The standard InChI is InChI=1S/C18H35NO2/c1-4-12-19-17(16-8-13-20-14-9-16)18(21-5-2)10-6-15(3)7-11-18/h15-17,19H,4-14H2,1-3H3. The summed E-state index contributed by atoms with van der Waals surface area (Å²) in [5.74, 6) is 1.57. The molecular weight excluding hydrogens is 262 g/mol. The molecule has 0 radical (unpaired) electrons. The van der Waals surface area contributed by atoms with Crippen molar-refractivity contribution in [3.63, 3.8) is 0 Å². The Bertz CT molecular complexity index is 281. The third kappa shape index (κ3) is 4.43. The lowest BCUT2D eigenvalue weighted by molar-refractivity contribution is -0.117. The fraction of sp³-hybridized carbons (Fsp3) is 1.00. The van der Waals surface area contributed by atoms with E-state index in [0.29, 0.717) is 12.0 Å². The van der Waals surface area contributed by atoms with Crippen molar-refractivity contribution in [2.45, 2.75) is 77.4 Å². The normalized spacial score (nSPS) is 33.0. The lowest BCUT2D eigenvalue weighted by Crippen LogP contribution is -2.58. The van der Waals surface area contributed by atoms with Crippen molar-refractivity contribution in [2.24, 2.45) is 11.8 Å². The van der Waals surface area contributed by atoms with Crippen LogP contribution in [0.2, 0.25) is 0 Å². The number of hydrogen-bond acceptors (Lipinski definition) is 3. The molecule has 0 aromatic rings. The summed E-state index contributed by atoms with van der Waals surface area (Å²) >= 11 is 0. The van der Waals surface area contributed by atoms with E-state index in [2.05, 4.69) is 26.1 Å². The zero-order valence-electron chi connectivity index (χ0n) is 14.3. The van der Waals surface area contributed by atoms with Crippen LogP contribution in [-0.2, 0) is 9.47 Å². The van der Waals surface area contributed by atoms with Crippen LogP contribution in [0.5, 0.6) is 0 Å². The summed E-state index contributed by atoms with van der Waals surface area (Å²) in [6.07, 6.45) is 8.64. The molecule has 21 heavy (non-hydrogen) atoms. The first-order valence-corrected chi connectivity index (χ1v) is 9.17. The molecule has 1 atom stereocenters. The third-order valence-electron chi connectivity index (χ3n) is 5.47. The predicted molar refractivity (Wildman–Crippen MR) is 87.6 cm³/mol. The Hall–Kier alpha value is -0.120. The molecule has 2 aliphatic rings. The minimum atomic E-state index is 0.0679. The average Bonchev–Trinajstić information content (AvgIpc) is 2.52. The molecule has 0 bridgehead atoms. The quantitative estimate of drug-likeness (QED) is 0.776. The fourth-order valence-electron chi connectivity index (χ4n) is 4.21. The summed E-state index contributed by atoms with van der Waals surface area (Å²) < 4.78 is 12.0. The SMILES string of the molecule is CCCNC(C1CCOCC1)C1(OCC)CCC(C)CC1. The number of hydrogen-bond donors (Lipinski definition) is 1. The maximum atomic E-state index is 6.43. The van der Waals surface area contributed by atoms with E-state index in [1.807, 2.05) is 0 Å². The zero-order chi connectivity index (χ0) is 15.1. The second kappa shape index (κ2) is 8.50. The van der Waals surface area contributed by atoms with Gasteiger partial charge in [0.15, 0.2) is 0 Å². The zero-order valence-corrected chi connectivity index (χ0v) is 14.3. The highest BCUT2D eigenvalue weighted by Crippen LogP contribution is 2.41. The Morgan fingerprint density at radius 3 is 2.38 bits per heavy atom. The number of nitrogens with one attached hydrogen (secondary N) is 1. The molecule has 1 saturated carbocycles. The van der Waals surface area contributed by atoms with E-state index >= 15 is 0 Å². The second-order valence-corrected chi connectivity index (χ2v) is 7.06. The minimum absolute atomic E-state index is 0.0679. The van der Waals surface area contributed by atoms with Gasteiger partial charge in [-0.25, -0.2) is 0 Å². The van der Waals surface area contributed by atoms with Crippen molar-refractivity contribution in [1.82, 2.24) is 5.32 Å². The molecular formula is C18H35NO2. The highest BCUT2D eigenvalue weighted by atomic mass is 16.5. The third-order valence-corrected chi connectivity index (χ3v) is 5.47. The van der Waals surface area contributed by atoms with Gasteiger partial charge in [-0.05, 0) is 70.3 Å². The van der Waals surface area contributed by atoms with Crippen molar-refractivity contribution in [3.05, 3.63) is 0 Å². The molecule has 1 aliphatic heterocycles. The maximum absolute atomic E-state index is 6.43. The lowest BCUT2D eigenvalue weighted by Gasteiger charge is -2.48. The van der Waals surface area contributed by atoms with Gasteiger partial charge in [0.2, 0.25) is 0 Å².